The minimum atomic E-state index is -0.443. The van der Waals surface area contributed by atoms with Crippen LogP contribution in [-0.2, 0) is 4.79 Å². The number of likely N-dealkylation sites (N-methyl/N-ethyl adjacent to an activating group) is 1. The van der Waals surface area contributed by atoms with Gasteiger partial charge in [0.2, 0.25) is 5.91 Å². The number of amides is 1. The van der Waals surface area contributed by atoms with Gasteiger partial charge in [-0.05, 0) is 12.5 Å². The van der Waals surface area contributed by atoms with Crippen LogP contribution in [0.2, 0.25) is 0 Å². The molecule has 1 aliphatic heterocycles. The summed E-state index contributed by atoms with van der Waals surface area (Å²) in [6.45, 7) is 2.49. The van der Waals surface area contributed by atoms with Gasteiger partial charge in [-0.1, -0.05) is 12.1 Å². The topological polar surface area (TPSA) is 89.5 Å². The van der Waals surface area contributed by atoms with E-state index in [4.69, 9.17) is 5.73 Å². The van der Waals surface area contributed by atoms with Gasteiger partial charge in [-0.25, -0.2) is 0 Å². The summed E-state index contributed by atoms with van der Waals surface area (Å²) in [7, 11) is 0. The third-order valence-corrected chi connectivity index (χ3v) is 3.26. The van der Waals surface area contributed by atoms with E-state index in [0.29, 0.717) is 13.0 Å². The molecule has 2 atom stereocenters. The summed E-state index contributed by atoms with van der Waals surface area (Å²) in [5, 5.41) is 10.6. The Balaban J connectivity index is 2.30. The Labute approximate surface area is 105 Å². The number of rotatable bonds is 3. The van der Waals surface area contributed by atoms with Crippen LogP contribution < -0.4 is 5.73 Å². The highest BCUT2D eigenvalue weighted by molar-refractivity contribution is 5.80. The third kappa shape index (κ3) is 2.06. The van der Waals surface area contributed by atoms with Crippen molar-refractivity contribution in [3.63, 3.8) is 0 Å². The Morgan fingerprint density at radius 1 is 1.44 bits per heavy atom. The van der Waals surface area contributed by atoms with E-state index >= 15 is 0 Å². The van der Waals surface area contributed by atoms with Gasteiger partial charge in [0.1, 0.15) is 0 Å². The summed E-state index contributed by atoms with van der Waals surface area (Å²) in [6, 6.07) is 5.80. The van der Waals surface area contributed by atoms with Gasteiger partial charge in [-0.3, -0.25) is 14.9 Å². The van der Waals surface area contributed by atoms with Gasteiger partial charge in [0.25, 0.3) is 5.69 Å². The highest BCUT2D eigenvalue weighted by atomic mass is 16.6. The largest absolute Gasteiger partial charge is 0.334 e. The van der Waals surface area contributed by atoms with Gasteiger partial charge in [-0.2, -0.15) is 0 Å². The zero-order valence-corrected chi connectivity index (χ0v) is 10.1. The summed E-state index contributed by atoms with van der Waals surface area (Å²) < 4.78 is 0. The Hall–Kier alpha value is -1.95. The molecule has 0 radical (unpaired) electrons. The highest BCUT2D eigenvalue weighted by Gasteiger charge is 2.37. The Morgan fingerprint density at radius 3 is 2.56 bits per heavy atom. The molecule has 1 fully saturated rings. The Kier molecular flexibility index (Phi) is 3.29. The second-order valence-electron chi connectivity index (χ2n) is 4.34. The molecule has 6 heteroatoms. The second-order valence-corrected chi connectivity index (χ2v) is 4.34. The first-order valence-electron chi connectivity index (χ1n) is 5.84. The predicted octanol–water partition coefficient (Wildman–Crippen LogP) is 1.22. The van der Waals surface area contributed by atoms with E-state index in [-0.39, 0.29) is 23.7 Å². The number of likely N-dealkylation sites (tertiary alicyclic amines) is 1. The molecule has 2 unspecified atom stereocenters. The highest BCUT2D eigenvalue weighted by Crippen LogP contribution is 2.32. The van der Waals surface area contributed by atoms with Crippen molar-refractivity contribution in [2.45, 2.75) is 25.4 Å². The molecule has 2 rings (SSSR count). The van der Waals surface area contributed by atoms with E-state index < -0.39 is 4.92 Å². The van der Waals surface area contributed by atoms with Crippen molar-refractivity contribution in [2.75, 3.05) is 6.54 Å². The summed E-state index contributed by atoms with van der Waals surface area (Å²) in [6.07, 6.45) is 0.329. The van der Waals surface area contributed by atoms with Crippen LogP contribution in [0.4, 0.5) is 5.69 Å². The minimum absolute atomic E-state index is 0.0355. The molecule has 6 nitrogen and oxygen atoms in total. The van der Waals surface area contributed by atoms with Crippen molar-refractivity contribution in [2.24, 2.45) is 5.73 Å². The van der Waals surface area contributed by atoms with Gasteiger partial charge >= 0.3 is 0 Å². The van der Waals surface area contributed by atoms with Crippen LogP contribution in [0.25, 0.3) is 0 Å². The molecule has 1 heterocycles. The van der Waals surface area contributed by atoms with Crippen LogP contribution in [0.1, 0.15) is 24.9 Å². The maximum absolute atomic E-state index is 11.7. The molecule has 1 amide bonds. The number of benzene rings is 1. The number of nitro benzene ring substituents is 1. The Bertz CT molecular complexity index is 472. The lowest BCUT2D eigenvalue weighted by molar-refractivity contribution is -0.384. The fourth-order valence-corrected chi connectivity index (χ4v) is 2.41. The van der Waals surface area contributed by atoms with Gasteiger partial charge in [0.05, 0.1) is 11.0 Å². The number of nitrogens with zero attached hydrogens (tertiary/aromatic N) is 2. The maximum atomic E-state index is 11.7. The summed E-state index contributed by atoms with van der Waals surface area (Å²) in [5.41, 5.74) is 6.86. The van der Waals surface area contributed by atoms with E-state index in [0.717, 1.165) is 5.56 Å². The molecular formula is C12H15N3O3. The normalized spacial score (nSPS) is 23.4. The quantitative estimate of drug-likeness (QED) is 0.644. The number of hydrogen-bond donors (Lipinski definition) is 1. The monoisotopic (exact) mass is 249 g/mol. The zero-order chi connectivity index (χ0) is 13.3. The first-order valence-corrected chi connectivity index (χ1v) is 5.84. The van der Waals surface area contributed by atoms with Gasteiger partial charge in [-0.15, -0.1) is 0 Å². The summed E-state index contributed by atoms with van der Waals surface area (Å²) >= 11 is 0. The molecule has 0 saturated carbocycles. The standard InChI is InChI=1S/C12H15N3O3/c1-2-14-11(16)7-10(13)12(14)8-3-5-9(6-4-8)15(17)18/h3-6,10,12H,2,7,13H2,1H3. The van der Waals surface area contributed by atoms with E-state index in [1.165, 1.54) is 12.1 Å². The molecule has 1 aliphatic rings. The fraction of sp³-hybridized carbons (Fsp3) is 0.417. The van der Waals surface area contributed by atoms with Gasteiger partial charge in [0.15, 0.2) is 0 Å². The first-order chi connectivity index (χ1) is 8.54. The smallest absolute Gasteiger partial charge is 0.269 e. The van der Waals surface area contributed by atoms with Crippen LogP contribution in [0.5, 0.6) is 0 Å². The average Bonchev–Trinajstić information content (AvgIpc) is 2.63. The van der Waals surface area contributed by atoms with Gasteiger partial charge < -0.3 is 10.6 Å². The van der Waals surface area contributed by atoms with Crippen molar-refractivity contribution in [3.05, 3.63) is 39.9 Å². The third-order valence-electron chi connectivity index (χ3n) is 3.26. The average molecular weight is 249 g/mol. The number of hydrogen-bond acceptors (Lipinski definition) is 4. The van der Waals surface area contributed by atoms with Crippen molar-refractivity contribution in [3.8, 4) is 0 Å². The molecule has 1 saturated heterocycles. The summed E-state index contributed by atoms with van der Waals surface area (Å²) in [4.78, 5) is 23.6. The molecule has 96 valence electrons. The van der Waals surface area contributed by atoms with Crippen LogP contribution in [0.3, 0.4) is 0 Å². The lowest BCUT2D eigenvalue weighted by atomic mass is 10.0. The molecule has 1 aromatic carbocycles. The number of non-ortho nitro benzene ring substituents is 1. The first kappa shape index (κ1) is 12.5. The molecule has 0 aromatic heterocycles. The van der Waals surface area contributed by atoms with Crippen molar-refractivity contribution >= 4 is 11.6 Å². The van der Waals surface area contributed by atoms with Crippen LogP contribution >= 0.6 is 0 Å². The predicted molar refractivity (Wildman–Crippen MR) is 65.8 cm³/mol. The number of carbonyl (C=O) groups is 1. The van der Waals surface area contributed by atoms with Crippen molar-refractivity contribution in [1.82, 2.24) is 4.90 Å². The molecule has 18 heavy (non-hydrogen) atoms. The van der Waals surface area contributed by atoms with E-state index in [2.05, 4.69) is 0 Å². The van der Waals surface area contributed by atoms with E-state index in [1.54, 1.807) is 17.0 Å². The lowest BCUT2D eigenvalue weighted by Crippen LogP contribution is -2.32. The summed E-state index contributed by atoms with van der Waals surface area (Å²) in [5.74, 6) is 0.0355. The fourth-order valence-electron chi connectivity index (χ4n) is 2.41. The molecular weight excluding hydrogens is 234 g/mol. The van der Waals surface area contributed by atoms with Crippen LogP contribution in [-0.4, -0.2) is 28.3 Å². The van der Waals surface area contributed by atoms with Gasteiger partial charge in [0, 0.05) is 31.1 Å². The number of carbonyl (C=O) groups excluding carboxylic acids is 1. The molecule has 0 aliphatic carbocycles. The Morgan fingerprint density at radius 2 is 2.06 bits per heavy atom. The lowest BCUT2D eigenvalue weighted by Gasteiger charge is -2.25. The molecule has 0 spiro atoms. The molecule has 0 bridgehead atoms. The van der Waals surface area contributed by atoms with Crippen LogP contribution in [0.15, 0.2) is 24.3 Å². The van der Waals surface area contributed by atoms with Crippen molar-refractivity contribution in [1.29, 1.82) is 0 Å². The molecule has 2 N–H and O–H groups in total. The SMILES string of the molecule is CCN1C(=O)CC(N)C1c1ccc([N+](=O)[O-])cc1. The second kappa shape index (κ2) is 4.73. The van der Waals surface area contributed by atoms with E-state index in [1.807, 2.05) is 6.92 Å². The number of nitrogens with two attached hydrogens (primary N) is 1. The zero-order valence-electron chi connectivity index (χ0n) is 10.1. The maximum Gasteiger partial charge on any atom is 0.269 e. The van der Waals surface area contributed by atoms with Crippen LogP contribution in [0, 0.1) is 10.1 Å². The van der Waals surface area contributed by atoms with E-state index in [9.17, 15) is 14.9 Å². The van der Waals surface area contributed by atoms with Crippen molar-refractivity contribution < 1.29 is 9.72 Å². The number of nitro groups is 1. The minimum Gasteiger partial charge on any atom is -0.334 e. The molecule has 1 aromatic rings.